The summed E-state index contributed by atoms with van der Waals surface area (Å²) < 4.78 is 6.74. The third-order valence-corrected chi connectivity index (χ3v) is 3.00. The second-order valence-electron chi connectivity index (χ2n) is 2.40. The van der Waals surface area contributed by atoms with Crippen LogP contribution in [0.2, 0.25) is 0 Å². The van der Waals surface area contributed by atoms with Crippen molar-refractivity contribution in [1.29, 1.82) is 0 Å². The Bertz CT molecular complexity index is 292. The fraction of sp³-hybridized carbons (Fsp3) is 0.286. The van der Waals surface area contributed by atoms with Gasteiger partial charge in [-0.25, -0.2) is 0 Å². The third-order valence-electron chi connectivity index (χ3n) is 1.29. The van der Waals surface area contributed by atoms with E-state index in [4.69, 9.17) is 10.2 Å². The van der Waals surface area contributed by atoms with Crippen molar-refractivity contribution < 1.29 is 9.21 Å². The lowest BCUT2D eigenvalue weighted by Crippen LogP contribution is -2.27. The molecule has 0 saturated carbocycles. The molecule has 1 aromatic rings. The Hall–Kier alpha value is -0.330. The van der Waals surface area contributed by atoms with Crippen molar-refractivity contribution in [2.24, 2.45) is 5.73 Å². The van der Waals surface area contributed by atoms with E-state index in [1.165, 1.54) is 0 Å². The first-order chi connectivity index (χ1) is 6.09. The summed E-state index contributed by atoms with van der Waals surface area (Å²) in [7, 11) is 0. The standard InChI is InChI=1S/C7H8Br2N2O2/c8-5-1-4(13-7(5)9)2-11-3-6(10)12/h1,11H,2-3H2,(H2,10,12). The molecule has 13 heavy (non-hydrogen) atoms. The van der Waals surface area contributed by atoms with Crippen molar-refractivity contribution in [3.8, 4) is 0 Å². The van der Waals surface area contributed by atoms with E-state index in [0.29, 0.717) is 11.2 Å². The molecule has 0 aliphatic rings. The van der Waals surface area contributed by atoms with E-state index in [2.05, 4.69) is 37.2 Å². The number of carbonyl (C=O) groups excluding carboxylic acids is 1. The van der Waals surface area contributed by atoms with E-state index < -0.39 is 0 Å². The molecule has 1 heterocycles. The average Bonchev–Trinajstić information content (AvgIpc) is 2.30. The molecule has 0 atom stereocenters. The normalized spacial score (nSPS) is 10.3. The van der Waals surface area contributed by atoms with Gasteiger partial charge in [-0.15, -0.1) is 0 Å². The van der Waals surface area contributed by atoms with Crippen LogP contribution in [0.1, 0.15) is 5.76 Å². The van der Waals surface area contributed by atoms with Crippen molar-refractivity contribution >= 4 is 37.8 Å². The lowest BCUT2D eigenvalue weighted by atomic mass is 10.4. The van der Waals surface area contributed by atoms with Crippen LogP contribution in [-0.2, 0) is 11.3 Å². The fourth-order valence-corrected chi connectivity index (χ4v) is 1.45. The Kier molecular flexibility index (Phi) is 3.95. The van der Waals surface area contributed by atoms with Crippen LogP contribution in [0.4, 0.5) is 0 Å². The summed E-state index contributed by atoms with van der Waals surface area (Å²) in [6.07, 6.45) is 0. The molecule has 1 aromatic heterocycles. The maximum Gasteiger partial charge on any atom is 0.231 e. The minimum atomic E-state index is -0.385. The molecule has 1 rings (SSSR count). The van der Waals surface area contributed by atoms with Crippen molar-refractivity contribution in [1.82, 2.24) is 5.32 Å². The van der Waals surface area contributed by atoms with Crippen LogP contribution < -0.4 is 11.1 Å². The van der Waals surface area contributed by atoms with Crippen LogP contribution in [0.5, 0.6) is 0 Å². The molecule has 1 amide bonds. The largest absolute Gasteiger partial charge is 0.452 e. The number of hydrogen-bond donors (Lipinski definition) is 2. The van der Waals surface area contributed by atoms with Crippen LogP contribution >= 0.6 is 31.9 Å². The predicted octanol–water partition coefficient (Wildman–Crippen LogP) is 1.38. The quantitative estimate of drug-likeness (QED) is 0.882. The highest BCUT2D eigenvalue weighted by Gasteiger charge is 2.05. The summed E-state index contributed by atoms with van der Waals surface area (Å²) in [6.45, 7) is 0.628. The van der Waals surface area contributed by atoms with Crippen molar-refractivity contribution in [3.05, 3.63) is 21.0 Å². The summed E-state index contributed by atoms with van der Waals surface area (Å²) in [6, 6.07) is 1.82. The molecule has 0 unspecified atom stereocenters. The summed E-state index contributed by atoms with van der Waals surface area (Å²) in [5.74, 6) is 0.352. The summed E-state index contributed by atoms with van der Waals surface area (Å²) in [5.41, 5.74) is 4.94. The molecular weight excluding hydrogens is 304 g/mol. The number of carbonyl (C=O) groups is 1. The van der Waals surface area contributed by atoms with E-state index >= 15 is 0 Å². The summed E-state index contributed by atoms with van der Waals surface area (Å²) >= 11 is 6.48. The topological polar surface area (TPSA) is 68.3 Å². The molecule has 6 heteroatoms. The Balaban J connectivity index is 2.41. The third kappa shape index (κ3) is 3.50. The molecule has 0 fully saturated rings. The van der Waals surface area contributed by atoms with Crippen molar-refractivity contribution in [3.63, 3.8) is 0 Å². The zero-order chi connectivity index (χ0) is 9.84. The molecule has 0 bridgehead atoms. The fourth-order valence-electron chi connectivity index (χ4n) is 0.787. The van der Waals surface area contributed by atoms with Gasteiger partial charge in [-0.2, -0.15) is 0 Å². The second kappa shape index (κ2) is 4.78. The highest BCUT2D eigenvalue weighted by Crippen LogP contribution is 2.26. The van der Waals surface area contributed by atoms with Crippen LogP contribution in [0, 0.1) is 0 Å². The second-order valence-corrected chi connectivity index (χ2v) is 3.98. The first kappa shape index (κ1) is 10.7. The molecule has 0 radical (unpaired) electrons. The van der Waals surface area contributed by atoms with E-state index in [-0.39, 0.29) is 12.5 Å². The summed E-state index contributed by atoms with van der Waals surface area (Å²) in [5, 5.41) is 2.83. The van der Waals surface area contributed by atoms with E-state index in [1.807, 2.05) is 6.07 Å². The van der Waals surface area contributed by atoms with Crippen LogP contribution in [0.3, 0.4) is 0 Å². The van der Waals surface area contributed by atoms with Gasteiger partial charge in [0.2, 0.25) is 5.91 Å². The number of nitrogens with one attached hydrogen (secondary N) is 1. The highest BCUT2D eigenvalue weighted by molar-refractivity contribution is 9.13. The average molecular weight is 312 g/mol. The Morgan fingerprint density at radius 2 is 2.31 bits per heavy atom. The van der Waals surface area contributed by atoms with Crippen molar-refractivity contribution in [2.45, 2.75) is 6.54 Å². The first-order valence-electron chi connectivity index (χ1n) is 3.52. The number of rotatable bonds is 4. The number of primary amides is 1. The molecule has 72 valence electrons. The lowest BCUT2D eigenvalue weighted by Gasteiger charge is -1.97. The first-order valence-corrected chi connectivity index (χ1v) is 5.11. The van der Waals surface area contributed by atoms with Gasteiger partial charge in [-0.1, -0.05) is 0 Å². The number of nitrogens with two attached hydrogens (primary N) is 1. The van der Waals surface area contributed by atoms with E-state index in [9.17, 15) is 4.79 Å². The van der Waals surface area contributed by atoms with Crippen molar-refractivity contribution in [2.75, 3.05) is 6.54 Å². The van der Waals surface area contributed by atoms with Gasteiger partial charge < -0.3 is 15.5 Å². The molecule has 0 aliphatic heterocycles. The van der Waals surface area contributed by atoms with Gasteiger partial charge in [-0.3, -0.25) is 4.79 Å². The maximum atomic E-state index is 10.4. The number of furan rings is 1. The lowest BCUT2D eigenvalue weighted by molar-refractivity contribution is -0.117. The number of hydrogen-bond acceptors (Lipinski definition) is 3. The maximum absolute atomic E-state index is 10.4. The van der Waals surface area contributed by atoms with E-state index in [0.717, 1.165) is 10.2 Å². The number of halogens is 2. The van der Waals surface area contributed by atoms with Gasteiger partial charge in [0.15, 0.2) is 4.67 Å². The van der Waals surface area contributed by atoms with Gasteiger partial charge in [0, 0.05) is 0 Å². The van der Waals surface area contributed by atoms with E-state index in [1.54, 1.807) is 0 Å². The Morgan fingerprint density at radius 1 is 1.62 bits per heavy atom. The molecule has 3 N–H and O–H groups in total. The highest BCUT2D eigenvalue weighted by atomic mass is 79.9. The van der Waals surface area contributed by atoms with Gasteiger partial charge in [0.25, 0.3) is 0 Å². The molecule has 0 saturated heterocycles. The predicted molar refractivity (Wildman–Crippen MR) is 55.0 cm³/mol. The van der Waals surface area contributed by atoms with Gasteiger partial charge in [0.05, 0.1) is 17.6 Å². The van der Waals surface area contributed by atoms with Crippen LogP contribution in [0.15, 0.2) is 19.6 Å². The molecule has 0 aromatic carbocycles. The van der Waals surface area contributed by atoms with Crippen LogP contribution in [-0.4, -0.2) is 12.5 Å². The minimum Gasteiger partial charge on any atom is -0.452 e. The molecule has 4 nitrogen and oxygen atoms in total. The zero-order valence-electron chi connectivity index (χ0n) is 6.64. The van der Waals surface area contributed by atoms with Crippen LogP contribution in [0.25, 0.3) is 0 Å². The number of amides is 1. The molecule has 0 spiro atoms. The SMILES string of the molecule is NC(=O)CNCc1cc(Br)c(Br)o1. The zero-order valence-corrected chi connectivity index (χ0v) is 9.81. The Labute approximate surface area is 92.1 Å². The molecular formula is C7H8Br2N2O2. The van der Waals surface area contributed by atoms with Gasteiger partial charge in [-0.05, 0) is 37.9 Å². The smallest absolute Gasteiger partial charge is 0.231 e. The van der Waals surface area contributed by atoms with Gasteiger partial charge in [0.1, 0.15) is 5.76 Å². The monoisotopic (exact) mass is 310 g/mol. The Morgan fingerprint density at radius 3 is 2.77 bits per heavy atom. The molecule has 0 aliphatic carbocycles. The minimum absolute atomic E-state index is 0.149. The summed E-state index contributed by atoms with van der Waals surface area (Å²) in [4.78, 5) is 10.4. The van der Waals surface area contributed by atoms with Gasteiger partial charge >= 0.3 is 0 Å².